The molecular weight excluding hydrogens is 398 g/mol. The van der Waals surface area contributed by atoms with E-state index in [1.165, 1.54) is 36.4 Å². The molecule has 0 aliphatic rings. The van der Waals surface area contributed by atoms with Crippen LogP contribution in [0.2, 0.25) is 0 Å². The van der Waals surface area contributed by atoms with Crippen LogP contribution in [0.15, 0.2) is 53.4 Å². The molecule has 0 bridgehead atoms. The number of aliphatic carboxylic acids is 1. The molecule has 0 aliphatic heterocycles. The van der Waals surface area contributed by atoms with E-state index in [2.05, 4.69) is 5.32 Å². The summed E-state index contributed by atoms with van der Waals surface area (Å²) in [5.74, 6) is -1.28. The molecule has 2 N–H and O–H groups in total. The third-order valence-electron chi connectivity index (χ3n) is 3.64. The zero-order valence-electron chi connectivity index (χ0n) is 16.5. The van der Waals surface area contributed by atoms with Crippen molar-refractivity contribution >= 4 is 22.2 Å². The Morgan fingerprint density at radius 2 is 1.55 bits per heavy atom. The number of nitrogens with one attached hydrogen (secondary N) is 1. The molecule has 29 heavy (non-hydrogen) atoms. The van der Waals surface area contributed by atoms with Crippen LogP contribution >= 0.6 is 0 Å². The van der Waals surface area contributed by atoms with Gasteiger partial charge in [0.2, 0.25) is 0 Å². The van der Waals surface area contributed by atoms with Gasteiger partial charge in [0.25, 0.3) is 0 Å². The molecule has 0 aromatic heterocycles. The lowest BCUT2D eigenvalue weighted by atomic mass is 10.1. The predicted molar refractivity (Wildman–Crippen MR) is 105 cm³/mol. The fourth-order valence-electron chi connectivity index (χ4n) is 2.31. The lowest BCUT2D eigenvalue weighted by Gasteiger charge is -2.22. The summed E-state index contributed by atoms with van der Waals surface area (Å²) in [5, 5.41) is 11.7. The van der Waals surface area contributed by atoms with Gasteiger partial charge in [0, 0.05) is 0 Å². The lowest BCUT2D eigenvalue weighted by Crippen LogP contribution is -2.38. The van der Waals surface area contributed by atoms with Gasteiger partial charge in [-0.15, -0.1) is 0 Å². The summed E-state index contributed by atoms with van der Waals surface area (Å²) in [4.78, 5) is 23.4. The van der Waals surface area contributed by atoms with Crippen LogP contribution in [0, 0.1) is 6.92 Å². The van der Waals surface area contributed by atoms with E-state index in [9.17, 15) is 23.1 Å². The Labute approximate surface area is 169 Å². The normalized spacial score (nSPS) is 12.7. The van der Waals surface area contributed by atoms with Crippen molar-refractivity contribution in [2.75, 3.05) is 0 Å². The van der Waals surface area contributed by atoms with Crippen molar-refractivity contribution in [2.24, 2.45) is 0 Å². The first kappa shape index (κ1) is 22.2. The molecule has 1 unspecified atom stereocenters. The molecule has 0 radical (unpaired) electrons. The van der Waals surface area contributed by atoms with Gasteiger partial charge in [0.15, 0.2) is 6.04 Å². The summed E-state index contributed by atoms with van der Waals surface area (Å²) in [6.45, 7) is 6.80. The van der Waals surface area contributed by atoms with E-state index in [1.807, 2.05) is 6.92 Å². The standard InChI is InChI=1S/C20H23NO7S/c1-13-5-11-16(12-6-13)29(25,26)28-15-9-7-14(8-10-15)17(18(22)23)21-19(24)27-20(2,3)4/h5-12,17H,1-4H3,(H,21,24)(H,22,23). The minimum atomic E-state index is -4.02. The number of ether oxygens (including phenoxy) is 1. The minimum Gasteiger partial charge on any atom is -0.479 e. The minimum absolute atomic E-state index is 0.00202. The molecule has 1 amide bonds. The first-order chi connectivity index (χ1) is 13.4. The quantitative estimate of drug-likeness (QED) is 0.686. The zero-order chi connectivity index (χ0) is 21.8. The number of hydrogen-bond acceptors (Lipinski definition) is 6. The summed E-state index contributed by atoms with van der Waals surface area (Å²) in [7, 11) is -4.02. The van der Waals surface area contributed by atoms with E-state index in [0.717, 1.165) is 5.56 Å². The lowest BCUT2D eigenvalue weighted by molar-refractivity contribution is -0.139. The molecular formula is C20H23NO7S. The van der Waals surface area contributed by atoms with Gasteiger partial charge >= 0.3 is 22.2 Å². The van der Waals surface area contributed by atoms with Crippen molar-refractivity contribution in [1.29, 1.82) is 0 Å². The Bertz CT molecular complexity index is 975. The first-order valence-electron chi connectivity index (χ1n) is 8.71. The molecule has 2 aromatic rings. The Morgan fingerprint density at radius 1 is 1.00 bits per heavy atom. The summed E-state index contributed by atoms with van der Waals surface area (Å²) in [6.07, 6.45) is -0.882. The highest BCUT2D eigenvalue weighted by Crippen LogP contribution is 2.22. The molecule has 0 heterocycles. The molecule has 0 spiro atoms. The van der Waals surface area contributed by atoms with Crippen LogP contribution in [0.4, 0.5) is 4.79 Å². The maximum absolute atomic E-state index is 12.3. The third-order valence-corrected chi connectivity index (χ3v) is 4.90. The van der Waals surface area contributed by atoms with Crippen molar-refractivity contribution in [3.63, 3.8) is 0 Å². The molecule has 156 valence electrons. The molecule has 2 aromatic carbocycles. The second-order valence-electron chi connectivity index (χ2n) is 7.34. The average molecular weight is 421 g/mol. The van der Waals surface area contributed by atoms with E-state index >= 15 is 0 Å². The number of carboxylic acids is 1. The Morgan fingerprint density at radius 3 is 2.03 bits per heavy atom. The summed E-state index contributed by atoms with van der Waals surface area (Å²) in [5.41, 5.74) is 0.351. The maximum Gasteiger partial charge on any atom is 0.408 e. The van der Waals surface area contributed by atoms with Crippen molar-refractivity contribution in [3.05, 3.63) is 59.7 Å². The third kappa shape index (κ3) is 6.49. The van der Waals surface area contributed by atoms with Gasteiger partial charge in [0.1, 0.15) is 16.2 Å². The SMILES string of the molecule is Cc1ccc(S(=O)(=O)Oc2ccc(C(NC(=O)OC(C)(C)C)C(=O)O)cc2)cc1. The molecule has 9 heteroatoms. The second-order valence-corrected chi connectivity index (χ2v) is 8.88. The van der Waals surface area contributed by atoms with Crippen LogP contribution in [-0.4, -0.2) is 31.2 Å². The van der Waals surface area contributed by atoms with Crippen LogP contribution in [0.3, 0.4) is 0 Å². The first-order valence-corrected chi connectivity index (χ1v) is 10.1. The van der Waals surface area contributed by atoms with Crippen LogP contribution < -0.4 is 9.50 Å². The smallest absolute Gasteiger partial charge is 0.408 e. The number of carbonyl (C=O) groups excluding carboxylic acids is 1. The van der Waals surface area contributed by atoms with Crippen LogP contribution in [0.25, 0.3) is 0 Å². The number of benzene rings is 2. The monoisotopic (exact) mass is 421 g/mol. The summed E-state index contributed by atoms with van der Waals surface area (Å²) in [6, 6.07) is 10.1. The largest absolute Gasteiger partial charge is 0.479 e. The van der Waals surface area contributed by atoms with E-state index < -0.39 is 33.8 Å². The molecule has 0 saturated carbocycles. The number of hydrogen-bond donors (Lipinski definition) is 2. The second kappa shape index (κ2) is 8.52. The molecule has 2 rings (SSSR count). The maximum atomic E-state index is 12.3. The number of carboxylic acid groups (broad SMARTS) is 1. The zero-order valence-corrected chi connectivity index (χ0v) is 17.3. The van der Waals surface area contributed by atoms with Crippen molar-refractivity contribution in [3.8, 4) is 5.75 Å². The van der Waals surface area contributed by atoms with Gasteiger partial charge in [-0.25, -0.2) is 9.59 Å². The van der Waals surface area contributed by atoms with Gasteiger partial charge in [-0.1, -0.05) is 29.8 Å². The predicted octanol–water partition coefficient (Wildman–Crippen LogP) is 3.41. The Hall–Kier alpha value is -3.07. The fourth-order valence-corrected chi connectivity index (χ4v) is 3.24. The molecule has 0 saturated heterocycles. The average Bonchev–Trinajstić information content (AvgIpc) is 2.59. The fraction of sp³-hybridized carbons (Fsp3) is 0.300. The Balaban J connectivity index is 2.15. The van der Waals surface area contributed by atoms with Crippen molar-refractivity contribution in [2.45, 2.75) is 44.2 Å². The summed E-state index contributed by atoms with van der Waals surface area (Å²) < 4.78 is 34.8. The van der Waals surface area contributed by atoms with E-state index in [4.69, 9.17) is 8.92 Å². The molecule has 8 nitrogen and oxygen atoms in total. The van der Waals surface area contributed by atoms with Gasteiger partial charge in [0.05, 0.1) is 0 Å². The highest BCUT2D eigenvalue weighted by molar-refractivity contribution is 7.87. The Kier molecular flexibility index (Phi) is 6.53. The molecule has 0 fully saturated rings. The van der Waals surface area contributed by atoms with E-state index in [0.29, 0.717) is 0 Å². The number of amides is 1. The molecule has 0 aliphatic carbocycles. The highest BCUT2D eigenvalue weighted by Gasteiger charge is 2.26. The van der Waals surface area contributed by atoms with Gasteiger partial charge in [-0.3, -0.25) is 0 Å². The van der Waals surface area contributed by atoms with Gasteiger partial charge in [-0.05, 0) is 57.5 Å². The van der Waals surface area contributed by atoms with Gasteiger partial charge < -0.3 is 19.3 Å². The van der Waals surface area contributed by atoms with Crippen molar-refractivity contribution in [1.82, 2.24) is 5.32 Å². The number of alkyl carbamates (subject to hydrolysis) is 1. The van der Waals surface area contributed by atoms with Crippen LogP contribution in [-0.2, 0) is 19.6 Å². The van der Waals surface area contributed by atoms with E-state index in [1.54, 1.807) is 32.9 Å². The van der Waals surface area contributed by atoms with Crippen LogP contribution in [0.1, 0.15) is 37.9 Å². The van der Waals surface area contributed by atoms with Gasteiger partial charge in [-0.2, -0.15) is 8.42 Å². The van der Waals surface area contributed by atoms with Crippen LogP contribution in [0.5, 0.6) is 5.75 Å². The number of carbonyl (C=O) groups is 2. The summed E-state index contributed by atoms with van der Waals surface area (Å²) >= 11 is 0. The van der Waals surface area contributed by atoms with Crippen molar-refractivity contribution < 1.29 is 32.0 Å². The highest BCUT2D eigenvalue weighted by atomic mass is 32.2. The number of rotatable bonds is 6. The number of aryl methyl sites for hydroxylation is 1. The topological polar surface area (TPSA) is 119 Å². The molecule has 1 atom stereocenters. The van der Waals surface area contributed by atoms with E-state index in [-0.39, 0.29) is 16.2 Å².